The van der Waals surface area contributed by atoms with Crippen LogP contribution in [0.25, 0.3) is 11.3 Å². The summed E-state index contributed by atoms with van der Waals surface area (Å²) in [4.78, 5) is 43.6. The van der Waals surface area contributed by atoms with Gasteiger partial charge in [0.1, 0.15) is 5.75 Å². The van der Waals surface area contributed by atoms with Crippen molar-refractivity contribution in [2.24, 2.45) is 0 Å². The molecule has 0 aliphatic rings. The van der Waals surface area contributed by atoms with Crippen LogP contribution in [0, 0.1) is 0 Å². The van der Waals surface area contributed by atoms with Gasteiger partial charge in [0.15, 0.2) is 5.16 Å². The van der Waals surface area contributed by atoms with Gasteiger partial charge in [0.05, 0.1) is 30.7 Å². The first-order valence-electron chi connectivity index (χ1n) is 10.4. The molecule has 3 aromatic rings. The molecule has 0 aliphatic heterocycles. The topological polar surface area (TPSA) is 110 Å². The molecule has 3 rings (SSSR count). The summed E-state index contributed by atoms with van der Waals surface area (Å²) in [7, 11) is 1.58. The number of hydrogen-bond donors (Lipinski definition) is 2. The van der Waals surface area contributed by atoms with Crippen LogP contribution in [0.3, 0.4) is 0 Å². The number of hydrogen-bond acceptors (Lipinski definition) is 7. The highest BCUT2D eigenvalue weighted by Crippen LogP contribution is 2.22. The average Bonchev–Trinajstić information content (AvgIpc) is 2.83. The summed E-state index contributed by atoms with van der Waals surface area (Å²) >= 11 is 1.11. The van der Waals surface area contributed by atoms with Crippen LogP contribution in [0.15, 0.2) is 64.5 Å². The lowest BCUT2D eigenvalue weighted by Crippen LogP contribution is -2.16. The Balaban J connectivity index is 1.61. The predicted molar refractivity (Wildman–Crippen MR) is 128 cm³/mol. The molecular weight excluding hydrogens is 442 g/mol. The van der Waals surface area contributed by atoms with E-state index in [-0.39, 0.29) is 17.2 Å². The summed E-state index contributed by atoms with van der Waals surface area (Å²) < 4.78 is 10.3. The molecule has 0 unspecified atom stereocenters. The normalized spacial score (nSPS) is 10.5. The van der Waals surface area contributed by atoms with Crippen molar-refractivity contribution in [1.82, 2.24) is 9.97 Å². The Morgan fingerprint density at radius 1 is 1.12 bits per heavy atom. The number of nitrogens with zero attached hydrogens (tertiary/aromatic N) is 1. The van der Waals surface area contributed by atoms with Crippen molar-refractivity contribution in [3.63, 3.8) is 0 Å². The molecule has 0 radical (unpaired) electrons. The second-order valence-electron chi connectivity index (χ2n) is 7.07. The summed E-state index contributed by atoms with van der Waals surface area (Å²) in [5, 5.41) is 3.08. The number of carbonyl (C=O) groups is 2. The zero-order valence-corrected chi connectivity index (χ0v) is 19.2. The molecule has 0 aliphatic carbocycles. The molecule has 9 heteroatoms. The van der Waals surface area contributed by atoms with Gasteiger partial charge in [-0.3, -0.25) is 9.59 Å². The fourth-order valence-electron chi connectivity index (χ4n) is 2.86. The number of thioether (sulfide) groups is 1. The van der Waals surface area contributed by atoms with E-state index in [1.54, 1.807) is 43.5 Å². The second kappa shape index (κ2) is 11.9. The Bertz CT molecular complexity index is 1160. The summed E-state index contributed by atoms with van der Waals surface area (Å²) in [6.45, 7) is 2.38. The first-order valence-corrected chi connectivity index (χ1v) is 11.4. The van der Waals surface area contributed by atoms with E-state index in [1.807, 2.05) is 19.1 Å². The van der Waals surface area contributed by atoms with Gasteiger partial charge < -0.3 is 19.8 Å². The van der Waals surface area contributed by atoms with Gasteiger partial charge in [-0.2, -0.15) is 0 Å². The number of benzene rings is 2. The molecule has 1 aromatic heterocycles. The van der Waals surface area contributed by atoms with Crippen molar-refractivity contribution in [2.45, 2.75) is 24.9 Å². The zero-order chi connectivity index (χ0) is 23.6. The van der Waals surface area contributed by atoms with Crippen molar-refractivity contribution in [3.05, 3.63) is 70.5 Å². The van der Waals surface area contributed by atoms with Gasteiger partial charge in [-0.15, -0.1) is 0 Å². The summed E-state index contributed by atoms with van der Waals surface area (Å²) in [5.41, 5.74) is 1.80. The van der Waals surface area contributed by atoms with Crippen molar-refractivity contribution >= 4 is 29.3 Å². The molecule has 33 heavy (non-hydrogen) atoms. The molecule has 0 atom stereocenters. The lowest BCUT2D eigenvalue weighted by molar-refractivity contribution is -0.113. The van der Waals surface area contributed by atoms with Gasteiger partial charge in [0.2, 0.25) is 5.91 Å². The molecule has 0 spiro atoms. The lowest BCUT2D eigenvalue weighted by atomic mass is 10.1. The number of H-pyrrole nitrogens is 1. The maximum atomic E-state index is 12.4. The van der Waals surface area contributed by atoms with Crippen LogP contribution in [0.5, 0.6) is 5.75 Å². The molecule has 1 amide bonds. The fourth-order valence-corrected chi connectivity index (χ4v) is 3.54. The summed E-state index contributed by atoms with van der Waals surface area (Å²) in [5.74, 6) is 0.00777. The van der Waals surface area contributed by atoms with E-state index in [4.69, 9.17) is 9.47 Å². The minimum absolute atomic E-state index is 0.0280. The Kier molecular flexibility index (Phi) is 8.65. The van der Waals surface area contributed by atoms with Crippen molar-refractivity contribution in [3.8, 4) is 17.0 Å². The van der Waals surface area contributed by atoms with E-state index >= 15 is 0 Å². The van der Waals surface area contributed by atoms with Gasteiger partial charge in [0.25, 0.3) is 5.56 Å². The molecule has 0 saturated carbocycles. The maximum absolute atomic E-state index is 12.4. The third-order valence-electron chi connectivity index (χ3n) is 4.56. The largest absolute Gasteiger partial charge is 0.497 e. The van der Waals surface area contributed by atoms with E-state index in [2.05, 4.69) is 15.3 Å². The van der Waals surface area contributed by atoms with Crippen LogP contribution in [0.4, 0.5) is 5.69 Å². The number of carbonyl (C=O) groups excluding carboxylic acids is 2. The first kappa shape index (κ1) is 24.1. The zero-order valence-electron chi connectivity index (χ0n) is 18.4. The second-order valence-corrected chi connectivity index (χ2v) is 8.04. The number of aromatic amines is 1. The summed E-state index contributed by atoms with van der Waals surface area (Å²) in [6.07, 6.45) is 1.74. The van der Waals surface area contributed by atoms with Crippen molar-refractivity contribution in [1.29, 1.82) is 0 Å². The lowest BCUT2D eigenvalue weighted by Gasteiger charge is -2.08. The van der Waals surface area contributed by atoms with Crippen LogP contribution in [0.2, 0.25) is 0 Å². The number of aromatic nitrogens is 2. The van der Waals surface area contributed by atoms with Gasteiger partial charge >= 0.3 is 5.97 Å². The number of methoxy groups -OCH3 is 1. The number of nitrogens with one attached hydrogen (secondary N) is 2. The quantitative estimate of drug-likeness (QED) is 0.200. The van der Waals surface area contributed by atoms with Gasteiger partial charge in [-0.25, -0.2) is 9.78 Å². The van der Waals surface area contributed by atoms with Crippen LogP contribution in [-0.2, 0) is 9.53 Å². The van der Waals surface area contributed by atoms with Crippen LogP contribution in [0.1, 0.15) is 30.1 Å². The smallest absolute Gasteiger partial charge is 0.338 e. The molecule has 8 nitrogen and oxygen atoms in total. The molecule has 2 N–H and O–H groups in total. The third kappa shape index (κ3) is 7.21. The first-order chi connectivity index (χ1) is 16.0. The highest BCUT2D eigenvalue weighted by atomic mass is 32.2. The highest BCUT2D eigenvalue weighted by molar-refractivity contribution is 7.99. The summed E-state index contributed by atoms with van der Waals surface area (Å²) in [6, 6.07) is 15.2. The number of ether oxygens (including phenoxy) is 2. The van der Waals surface area contributed by atoms with Crippen LogP contribution in [-0.4, -0.2) is 41.3 Å². The van der Waals surface area contributed by atoms with Crippen molar-refractivity contribution in [2.75, 3.05) is 24.8 Å². The number of rotatable bonds is 10. The fraction of sp³-hybridized carbons (Fsp3) is 0.250. The molecule has 2 aromatic carbocycles. The van der Waals surface area contributed by atoms with Crippen molar-refractivity contribution < 1.29 is 19.1 Å². The number of esters is 1. The van der Waals surface area contributed by atoms with E-state index in [0.29, 0.717) is 34.5 Å². The molecule has 172 valence electrons. The molecule has 0 fully saturated rings. The van der Waals surface area contributed by atoms with E-state index in [9.17, 15) is 14.4 Å². The predicted octanol–water partition coefficient (Wildman–Crippen LogP) is 4.13. The number of anilines is 1. The Morgan fingerprint density at radius 3 is 2.64 bits per heavy atom. The molecule has 1 heterocycles. The Labute approximate surface area is 195 Å². The molecule has 0 bridgehead atoms. The average molecular weight is 468 g/mol. The minimum Gasteiger partial charge on any atom is -0.497 e. The number of amides is 1. The highest BCUT2D eigenvalue weighted by Gasteiger charge is 2.11. The molecule has 0 saturated heterocycles. The maximum Gasteiger partial charge on any atom is 0.338 e. The number of unbranched alkanes of at least 4 members (excludes halogenated alkanes) is 1. The van der Waals surface area contributed by atoms with Gasteiger partial charge in [-0.1, -0.05) is 31.2 Å². The Morgan fingerprint density at radius 2 is 1.91 bits per heavy atom. The third-order valence-corrected chi connectivity index (χ3v) is 5.43. The Hall–Kier alpha value is -3.59. The van der Waals surface area contributed by atoms with Gasteiger partial charge in [0, 0.05) is 17.3 Å². The van der Waals surface area contributed by atoms with Crippen LogP contribution < -0.4 is 15.6 Å². The minimum atomic E-state index is -0.425. The van der Waals surface area contributed by atoms with Crippen LogP contribution >= 0.6 is 11.8 Å². The van der Waals surface area contributed by atoms with E-state index < -0.39 is 5.97 Å². The van der Waals surface area contributed by atoms with Gasteiger partial charge in [-0.05, 0) is 48.9 Å². The monoisotopic (exact) mass is 467 g/mol. The van der Waals surface area contributed by atoms with E-state index in [1.165, 1.54) is 6.07 Å². The van der Waals surface area contributed by atoms with E-state index in [0.717, 1.165) is 30.2 Å². The standard InChI is InChI=1S/C24H25N3O5S/c1-3-4-12-32-23(30)17-6-5-7-18(13-17)25-22(29)15-33-24-26-20(14-21(28)27-24)16-8-10-19(31-2)11-9-16/h5-11,13-14H,3-4,12,15H2,1-2H3,(H,25,29)(H,26,27,28). The SMILES string of the molecule is CCCCOC(=O)c1cccc(NC(=O)CSc2nc(-c3ccc(OC)cc3)cc(=O)[nH]2)c1. The molecular formula is C24H25N3O5S.